The van der Waals surface area contributed by atoms with Gasteiger partial charge in [0.15, 0.2) is 0 Å². The van der Waals surface area contributed by atoms with Gasteiger partial charge in [0.1, 0.15) is 11.9 Å². The number of aromatic nitrogens is 2. The molecule has 1 heterocycles. The first-order valence-electron chi connectivity index (χ1n) is 11.2. The largest absolute Gasteiger partial charge is 0.459 e. The van der Waals surface area contributed by atoms with Gasteiger partial charge in [0, 0.05) is 50.4 Å². The van der Waals surface area contributed by atoms with E-state index in [-0.39, 0.29) is 31.7 Å². The van der Waals surface area contributed by atoms with Gasteiger partial charge < -0.3 is 15.2 Å². The Labute approximate surface area is 237 Å². The number of aliphatic hydroxyl groups excluding tert-OH is 2. The minimum atomic E-state index is -6.50. The molecule has 0 saturated carbocycles. The zero-order valence-corrected chi connectivity index (χ0v) is 23.5. The molecule has 2 atom stereocenters. The summed E-state index contributed by atoms with van der Waals surface area (Å²) in [5.74, 6) is -12.8. The summed E-state index contributed by atoms with van der Waals surface area (Å²) in [4.78, 5) is 8.55. The third kappa shape index (κ3) is 8.48. The van der Waals surface area contributed by atoms with Gasteiger partial charge in [0.05, 0.1) is 11.8 Å². The molecule has 1 aromatic heterocycles. The van der Waals surface area contributed by atoms with Crippen molar-refractivity contribution < 1.29 is 69.8 Å². The van der Waals surface area contributed by atoms with Crippen LogP contribution >= 0.6 is 0 Å². The second kappa shape index (κ2) is 13.4. The zero-order valence-electron chi connectivity index (χ0n) is 21.1. The molecular weight excluding hydrogens is 735 g/mol. The number of alkyl halides is 7. The van der Waals surface area contributed by atoms with E-state index in [1.807, 2.05) is 0 Å². The Hall–Kier alpha value is -2.54. The standard InChI is InChI=1S/C16H9F2N2.C10H15F7O2.Ir/c17-13-5-1-11(2-6-13)15-16(20-10-9-19-15)12-3-7-14(18)8-4-12;1-7(2,3)5(18)4-6(19)8(11,12)9(13,14)10(15,16)17;/h1-3,5-10H;5-6,18-19H,4H2,1-3H3;/q-1;;. The topological polar surface area (TPSA) is 66.2 Å². The Kier molecular flexibility index (Phi) is 11.9. The number of nitrogens with zero attached hydrogens (tertiary/aromatic N) is 2. The van der Waals surface area contributed by atoms with Crippen LogP contribution in [0.2, 0.25) is 0 Å². The minimum absolute atomic E-state index is 0. The van der Waals surface area contributed by atoms with E-state index >= 15 is 0 Å². The molecule has 0 saturated heterocycles. The van der Waals surface area contributed by atoms with Crippen LogP contribution in [0.25, 0.3) is 22.5 Å². The Morgan fingerprint density at radius 2 is 1.25 bits per heavy atom. The first kappa shape index (κ1) is 35.5. The third-order valence-corrected chi connectivity index (χ3v) is 5.49. The van der Waals surface area contributed by atoms with E-state index in [1.54, 1.807) is 30.6 Å². The molecule has 3 aromatic rings. The summed E-state index contributed by atoms with van der Waals surface area (Å²) >= 11 is 0. The smallest absolute Gasteiger partial charge is 0.392 e. The predicted molar refractivity (Wildman–Crippen MR) is 124 cm³/mol. The number of aliphatic hydroxyl groups is 2. The van der Waals surface area contributed by atoms with Gasteiger partial charge in [0.2, 0.25) is 0 Å². The second-order valence-corrected chi connectivity index (χ2v) is 9.51. The van der Waals surface area contributed by atoms with Crippen molar-refractivity contribution >= 4 is 0 Å². The van der Waals surface area contributed by atoms with Gasteiger partial charge >= 0.3 is 18.0 Å². The van der Waals surface area contributed by atoms with Gasteiger partial charge in [-0.15, -0.1) is 29.8 Å². The van der Waals surface area contributed by atoms with Crippen molar-refractivity contribution in [1.82, 2.24) is 9.97 Å². The first-order chi connectivity index (χ1) is 17.8. The van der Waals surface area contributed by atoms with E-state index in [0.29, 0.717) is 17.0 Å². The van der Waals surface area contributed by atoms with Crippen molar-refractivity contribution in [3.8, 4) is 22.5 Å². The van der Waals surface area contributed by atoms with E-state index in [0.717, 1.165) is 5.56 Å². The number of rotatable bonds is 6. The summed E-state index contributed by atoms with van der Waals surface area (Å²) in [5, 5.41) is 18.3. The van der Waals surface area contributed by atoms with Crippen molar-refractivity contribution in [2.75, 3.05) is 0 Å². The van der Waals surface area contributed by atoms with Crippen molar-refractivity contribution in [2.24, 2.45) is 5.41 Å². The van der Waals surface area contributed by atoms with Gasteiger partial charge in [-0.05, 0) is 23.1 Å². The maximum absolute atomic E-state index is 13.0. The molecule has 14 heteroatoms. The summed E-state index contributed by atoms with van der Waals surface area (Å²) in [6.07, 6.45) is -9.67. The molecule has 0 aliphatic heterocycles. The fourth-order valence-corrected chi connectivity index (χ4v) is 3.02. The molecule has 40 heavy (non-hydrogen) atoms. The molecular formula is C26H24F9IrN2O2-. The second-order valence-electron chi connectivity index (χ2n) is 9.51. The molecule has 2 aromatic carbocycles. The number of halogens is 9. The van der Waals surface area contributed by atoms with Gasteiger partial charge in [-0.3, -0.25) is 9.37 Å². The van der Waals surface area contributed by atoms with Gasteiger partial charge in [-0.1, -0.05) is 32.9 Å². The van der Waals surface area contributed by atoms with Gasteiger partial charge in [-0.25, -0.2) is 4.39 Å². The van der Waals surface area contributed by atoms with Crippen LogP contribution in [0, 0.1) is 23.1 Å². The van der Waals surface area contributed by atoms with Crippen molar-refractivity contribution in [2.45, 2.75) is 57.4 Å². The first-order valence-corrected chi connectivity index (χ1v) is 11.2. The van der Waals surface area contributed by atoms with Crippen LogP contribution in [0.5, 0.6) is 0 Å². The van der Waals surface area contributed by atoms with Crippen LogP contribution in [-0.2, 0) is 20.1 Å². The molecule has 1 radical (unpaired) electrons. The van der Waals surface area contributed by atoms with Crippen molar-refractivity contribution in [1.29, 1.82) is 0 Å². The summed E-state index contributed by atoms with van der Waals surface area (Å²) in [6, 6.07) is 13.0. The molecule has 0 aliphatic carbocycles. The molecule has 2 unspecified atom stereocenters. The van der Waals surface area contributed by atoms with Gasteiger partial charge in [-0.2, -0.15) is 30.7 Å². The van der Waals surface area contributed by atoms with Crippen LogP contribution in [0.15, 0.2) is 54.9 Å². The molecule has 0 bridgehead atoms. The maximum atomic E-state index is 13.0. The summed E-state index contributed by atoms with van der Waals surface area (Å²) < 4.78 is 113. The number of hydrogen-bond donors (Lipinski definition) is 2. The maximum Gasteiger partial charge on any atom is 0.459 e. The number of benzene rings is 2. The SMILES string of the molecule is CC(C)(C)C(O)CC(O)C(F)(F)C(F)(F)C(F)(F)F.Fc1c[c-]c(-c2nccnc2-c2ccc(F)cc2)cc1.[Ir]. The van der Waals surface area contributed by atoms with Crippen LogP contribution in [-0.4, -0.2) is 50.4 Å². The Balaban J connectivity index is 0.000000391. The quantitative estimate of drug-likeness (QED) is 0.213. The molecule has 0 amide bonds. The van der Waals surface area contributed by atoms with Crippen molar-refractivity contribution in [3.05, 3.63) is 72.6 Å². The average Bonchev–Trinajstić information content (AvgIpc) is 2.84. The Morgan fingerprint density at radius 3 is 1.70 bits per heavy atom. The van der Waals surface area contributed by atoms with E-state index in [2.05, 4.69) is 16.0 Å². The summed E-state index contributed by atoms with van der Waals surface area (Å²) in [6.45, 7) is 4.05. The van der Waals surface area contributed by atoms with Crippen LogP contribution in [0.4, 0.5) is 39.5 Å². The van der Waals surface area contributed by atoms with Crippen LogP contribution in [0.3, 0.4) is 0 Å². The normalized spacial score (nSPS) is 13.9. The van der Waals surface area contributed by atoms with Crippen LogP contribution < -0.4 is 0 Å². The average molecular weight is 760 g/mol. The fraction of sp³-hybridized carbons (Fsp3) is 0.385. The molecule has 4 nitrogen and oxygen atoms in total. The predicted octanol–water partition coefficient (Wildman–Crippen LogP) is 6.86. The Bertz CT molecular complexity index is 1150. The van der Waals surface area contributed by atoms with Crippen molar-refractivity contribution in [3.63, 3.8) is 0 Å². The number of hydrogen-bond acceptors (Lipinski definition) is 4. The van der Waals surface area contributed by atoms with E-state index in [9.17, 15) is 44.6 Å². The molecule has 2 N–H and O–H groups in total. The minimum Gasteiger partial charge on any atom is -0.392 e. The zero-order chi connectivity index (χ0) is 29.8. The van der Waals surface area contributed by atoms with E-state index in [1.165, 1.54) is 45.0 Å². The molecule has 3 rings (SSSR count). The summed E-state index contributed by atoms with van der Waals surface area (Å²) in [7, 11) is 0. The Morgan fingerprint density at radius 1 is 0.750 bits per heavy atom. The molecule has 0 fully saturated rings. The van der Waals surface area contributed by atoms with Crippen LogP contribution in [0.1, 0.15) is 27.2 Å². The van der Waals surface area contributed by atoms with Gasteiger partial charge in [0.25, 0.3) is 0 Å². The molecule has 0 spiro atoms. The van der Waals surface area contributed by atoms with E-state index in [4.69, 9.17) is 5.11 Å². The molecule has 223 valence electrons. The molecule has 0 aliphatic rings. The van der Waals surface area contributed by atoms with E-state index < -0.39 is 42.1 Å². The fourth-order valence-electron chi connectivity index (χ4n) is 3.02. The monoisotopic (exact) mass is 760 g/mol. The summed E-state index contributed by atoms with van der Waals surface area (Å²) in [5.41, 5.74) is 1.52. The third-order valence-electron chi connectivity index (χ3n) is 5.49.